The quantitative estimate of drug-likeness (QED) is 0.760. The summed E-state index contributed by atoms with van der Waals surface area (Å²) in [5, 5.41) is 3.35. The number of nitrogen functional groups attached to an aromatic ring is 1. The van der Waals surface area contributed by atoms with Crippen LogP contribution in [0.1, 0.15) is 23.2 Å². The number of thiazole rings is 1. The van der Waals surface area contributed by atoms with E-state index < -0.39 is 0 Å². The molecule has 0 saturated carbocycles. The van der Waals surface area contributed by atoms with Crippen LogP contribution in [0.25, 0.3) is 0 Å². The molecule has 8 heteroatoms. The number of amides is 1. The van der Waals surface area contributed by atoms with E-state index in [2.05, 4.69) is 22.2 Å². The average Bonchev–Trinajstić information content (AvgIpc) is 3.05. The second kappa shape index (κ2) is 10.7. The van der Waals surface area contributed by atoms with Crippen LogP contribution in [0.15, 0.2) is 29.6 Å². The number of carbonyl (C=O) groups is 1. The highest BCUT2D eigenvalue weighted by molar-refractivity contribution is 7.09. The molecule has 1 fully saturated rings. The molecule has 1 amide bonds. The number of aromatic nitrogens is 1. The maximum atomic E-state index is 12.4. The molecule has 0 radical (unpaired) electrons. The third-order valence-corrected chi connectivity index (χ3v) is 5.39. The van der Waals surface area contributed by atoms with Gasteiger partial charge in [0.15, 0.2) is 0 Å². The molecule has 0 spiro atoms. The Morgan fingerprint density at radius 1 is 1.15 bits per heavy atom. The molecule has 26 heavy (non-hydrogen) atoms. The number of piperazine rings is 1. The molecule has 2 aromatic rings. The van der Waals surface area contributed by atoms with Crippen molar-refractivity contribution in [2.24, 2.45) is 0 Å². The maximum absolute atomic E-state index is 12.4. The van der Waals surface area contributed by atoms with Crippen LogP contribution in [0.5, 0.6) is 0 Å². The molecule has 0 unspecified atom stereocenters. The van der Waals surface area contributed by atoms with Crippen molar-refractivity contribution in [3.8, 4) is 0 Å². The third kappa shape index (κ3) is 6.13. The highest BCUT2D eigenvalue weighted by atomic mass is 35.5. The van der Waals surface area contributed by atoms with Gasteiger partial charge in [-0.05, 0) is 24.1 Å². The topological polar surface area (TPSA) is 62.5 Å². The Kier molecular flexibility index (Phi) is 9.36. The molecule has 2 N–H and O–H groups in total. The number of anilines is 1. The molecule has 5 nitrogen and oxygen atoms in total. The van der Waals surface area contributed by atoms with Crippen LogP contribution in [-0.4, -0.2) is 46.9 Å². The lowest BCUT2D eigenvalue weighted by molar-refractivity contribution is -0.132. The van der Waals surface area contributed by atoms with Gasteiger partial charge in [0, 0.05) is 43.8 Å². The molecule has 144 valence electrons. The maximum Gasteiger partial charge on any atom is 0.227 e. The van der Waals surface area contributed by atoms with Gasteiger partial charge in [-0.15, -0.1) is 36.2 Å². The predicted octanol–water partition coefficient (Wildman–Crippen LogP) is 3.02. The van der Waals surface area contributed by atoms with Gasteiger partial charge in [0.25, 0.3) is 0 Å². The fourth-order valence-corrected chi connectivity index (χ4v) is 3.63. The SMILES string of the molecule is CCc1nc(CN2CCN(C(=O)Cc3ccc(N)cc3)CC2)cs1.Cl.Cl. The summed E-state index contributed by atoms with van der Waals surface area (Å²) in [5.41, 5.74) is 8.58. The fraction of sp³-hybridized carbons (Fsp3) is 0.444. The fourth-order valence-electron chi connectivity index (χ4n) is 2.89. The van der Waals surface area contributed by atoms with Gasteiger partial charge in [-0.25, -0.2) is 4.98 Å². The molecule has 2 heterocycles. The van der Waals surface area contributed by atoms with Crippen molar-refractivity contribution in [2.45, 2.75) is 26.3 Å². The van der Waals surface area contributed by atoms with Gasteiger partial charge in [0.05, 0.1) is 17.1 Å². The Balaban J connectivity index is 0.00000169. The van der Waals surface area contributed by atoms with Crippen molar-refractivity contribution in [1.82, 2.24) is 14.8 Å². The lowest BCUT2D eigenvalue weighted by Gasteiger charge is -2.34. The zero-order chi connectivity index (χ0) is 16.9. The summed E-state index contributed by atoms with van der Waals surface area (Å²) < 4.78 is 0. The van der Waals surface area contributed by atoms with E-state index in [4.69, 9.17) is 5.73 Å². The van der Waals surface area contributed by atoms with E-state index in [1.807, 2.05) is 29.2 Å². The van der Waals surface area contributed by atoms with Crippen molar-refractivity contribution < 1.29 is 4.79 Å². The summed E-state index contributed by atoms with van der Waals surface area (Å²) in [7, 11) is 0. The number of nitrogens with two attached hydrogens (primary N) is 1. The number of rotatable bonds is 5. The van der Waals surface area contributed by atoms with E-state index in [1.54, 1.807) is 11.3 Å². The van der Waals surface area contributed by atoms with Crippen molar-refractivity contribution in [3.05, 3.63) is 45.9 Å². The zero-order valence-corrected chi connectivity index (χ0v) is 17.3. The Labute approximate surface area is 171 Å². The standard InChI is InChI=1S/C18H24N4OS.2ClH/c1-2-17-20-16(13-24-17)12-21-7-9-22(10-8-21)18(23)11-14-3-5-15(19)6-4-14;;/h3-6,13H,2,7-12,19H2,1H3;2*1H. The van der Waals surface area contributed by atoms with E-state index in [0.717, 1.165) is 56.1 Å². The van der Waals surface area contributed by atoms with Gasteiger partial charge < -0.3 is 10.6 Å². The Hall–Kier alpha value is -1.34. The van der Waals surface area contributed by atoms with E-state index >= 15 is 0 Å². The summed E-state index contributed by atoms with van der Waals surface area (Å²) in [6.45, 7) is 6.42. The molecule has 1 aliphatic heterocycles. The average molecular weight is 417 g/mol. The molecule has 1 aromatic heterocycles. The third-order valence-electron chi connectivity index (χ3n) is 4.35. The summed E-state index contributed by atoms with van der Waals surface area (Å²) >= 11 is 1.73. The van der Waals surface area contributed by atoms with Gasteiger partial charge in [-0.3, -0.25) is 9.69 Å². The molecular formula is C18H26Cl2N4OS. The molecule has 1 aromatic carbocycles. The first-order valence-corrected chi connectivity index (χ1v) is 9.30. The minimum atomic E-state index is 0. The van der Waals surface area contributed by atoms with E-state index in [1.165, 1.54) is 5.01 Å². The molecule has 0 bridgehead atoms. The normalized spacial score (nSPS) is 14.4. The Morgan fingerprint density at radius 3 is 2.38 bits per heavy atom. The monoisotopic (exact) mass is 416 g/mol. The smallest absolute Gasteiger partial charge is 0.227 e. The van der Waals surface area contributed by atoms with E-state index in [-0.39, 0.29) is 30.7 Å². The van der Waals surface area contributed by atoms with Crippen molar-refractivity contribution in [3.63, 3.8) is 0 Å². The first-order chi connectivity index (χ1) is 11.6. The number of aryl methyl sites for hydroxylation is 1. The van der Waals surface area contributed by atoms with Crippen molar-refractivity contribution in [2.75, 3.05) is 31.9 Å². The first kappa shape index (κ1) is 22.7. The van der Waals surface area contributed by atoms with Gasteiger partial charge in [-0.2, -0.15) is 0 Å². The summed E-state index contributed by atoms with van der Waals surface area (Å²) in [5.74, 6) is 0.196. The van der Waals surface area contributed by atoms with Gasteiger partial charge >= 0.3 is 0 Å². The number of nitrogens with zero attached hydrogens (tertiary/aromatic N) is 3. The number of halogens is 2. The number of benzene rings is 1. The second-order valence-corrected chi connectivity index (χ2v) is 7.10. The molecule has 1 saturated heterocycles. The molecule has 0 atom stereocenters. The van der Waals surface area contributed by atoms with Gasteiger partial charge in [0.1, 0.15) is 0 Å². The first-order valence-electron chi connectivity index (χ1n) is 8.42. The van der Waals surface area contributed by atoms with Gasteiger partial charge in [-0.1, -0.05) is 19.1 Å². The number of carbonyl (C=O) groups excluding carboxylic acids is 1. The van der Waals surface area contributed by atoms with Crippen LogP contribution in [0.2, 0.25) is 0 Å². The zero-order valence-electron chi connectivity index (χ0n) is 14.9. The number of hydrogen-bond acceptors (Lipinski definition) is 5. The second-order valence-electron chi connectivity index (χ2n) is 6.16. The number of hydrogen-bond donors (Lipinski definition) is 1. The van der Waals surface area contributed by atoms with Crippen LogP contribution in [0.4, 0.5) is 5.69 Å². The van der Waals surface area contributed by atoms with Crippen LogP contribution in [0.3, 0.4) is 0 Å². The Morgan fingerprint density at radius 2 is 1.81 bits per heavy atom. The predicted molar refractivity (Wildman–Crippen MR) is 112 cm³/mol. The highest BCUT2D eigenvalue weighted by Gasteiger charge is 2.21. The van der Waals surface area contributed by atoms with E-state index in [0.29, 0.717) is 6.42 Å². The molecular weight excluding hydrogens is 391 g/mol. The summed E-state index contributed by atoms with van der Waals surface area (Å²) in [6, 6.07) is 7.55. The summed E-state index contributed by atoms with van der Waals surface area (Å²) in [6.07, 6.45) is 1.45. The van der Waals surface area contributed by atoms with E-state index in [9.17, 15) is 4.79 Å². The largest absolute Gasteiger partial charge is 0.399 e. The van der Waals surface area contributed by atoms with Crippen molar-refractivity contribution in [1.29, 1.82) is 0 Å². The lowest BCUT2D eigenvalue weighted by atomic mass is 10.1. The summed E-state index contributed by atoms with van der Waals surface area (Å²) in [4.78, 5) is 21.4. The molecule has 1 aliphatic rings. The minimum Gasteiger partial charge on any atom is -0.399 e. The highest BCUT2D eigenvalue weighted by Crippen LogP contribution is 2.14. The molecule has 3 rings (SSSR count). The van der Waals surface area contributed by atoms with Crippen LogP contribution in [0, 0.1) is 0 Å². The van der Waals surface area contributed by atoms with Crippen LogP contribution < -0.4 is 5.73 Å². The van der Waals surface area contributed by atoms with Gasteiger partial charge in [0.2, 0.25) is 5.91 Å². The lowest BCUT2D eigenvalue weighted by Crippen LogP contribution is -2.48. The van der Waals surface area contributed by atoms with Crippen LogP contribution in [-0.2, 0) is 24.2 Å². The van der Waals surface area contributed by atoms with Crippen molar-refractivity contribution >= 4 is 47.7 Å². The Bertz CT molecular complexity index is 685. The molecule has 0 aliphatic carbocycles. The minimum absolute atomic E-state index is 0. The van der Waals surface area contributed by atoms with Crippen LogP contribution >= 0.6 is 36.2 Å².